The molecule has 0 radical (unpaired) electrons. The summed E-state index contributed by atoms with van der Waals surface area (Å²) in [6.07, 6.45) is 4.14. The maximum atomic E-state index is 12.2. The highest BCUT2D eigenvalue weighted by Crippen LogP contribution is 2.29. The predicted octanol–water partition coefficient (Wildman–Crippen LogP) is 2.67. The van der Waals surface area contributed by atoms with Crippen LogP contribution in [0, 0.1) is 13.8 Å². The summed E-state index contributed by atoms with van der Waals surface area (Å²) in [5.74, 6) is 0.00169. The molecule has 5 heteroatoms. The lowest BCUT2D eigenvalue weighted by atomic mass is 9.81. The van der Waals surface area contributed by atoms with Gasteiger partial charge in [-0.1, -0.05) is 25.3 Å². The summed E-state index contributed by atoms with van der Waals surface area (Å²) >= 11 is 0. The van der Waals surface area contributed by atoms with Crippen LogP contribution in [0.15, 0.2) is 18.2 Å². The van der Waals surface area contributed by atoms with Gasteiger partial charge in [-0.05, 0) is 49.9 Å². The summed E-state index contributed by atoms with van der Waals surface area (Å²) in [4.78, 5) is 24.3. The van der Waals surface area contributed by atoms with Gasteiger partial charge < -0.3 is 14.8 Å². The van der Waals surface area contributed by atoms with Crippen LogP contribution in [0.2, 0.25) is 0 Å². The zero-order chi connectivity index (χ0) is 16.9. The number of aryl methyl sites for hydroxylation is 2. The molecule has 0 bridgehead atoms. The van der Waals surface area contributed by atoms with E-state index < -0.39 is 5.54 Å². The van der Waals surface area contributed by atoms with E-state index in [0.717, 1.165) is 30.4 Å². The van der Waals surface area contributed by atoms with Crippen molar-refractivity contribution in [1.29, 1.82) is 0 Å². The van der Waals surface area contributed by atoms with Crippen LogP contribution in [0.4, 0.5) is 0 Å². The van der Waals surface area contributed by atoms with E-state index in [-0.39, 0.29) is 18.5 Å². The highest BCUT2D eigenvalue weighted by atomic mass is 16.5. The first-order valence-corrected chi connectivity index (χ1v) is 8.06. The number of carbonyl (C=O) groups excluding carboxylic acids is 2. The van der Waals surface area contributed by atoms with E-state index in [1.165, 1.54) is 7.11 Å². The molecular formula is C18H25NO4. The predicted molar refractivity (Wildman–Crippen MR) is 87.4 cm³/mol. The van der Waals surface area contributed by atoms with Gasteiger partial charge in [0, 0.05) is 0 Å². The second-order valence-electron chi connectivity index (χ2n) is 6.29. The number of esters is 1. The van der Waals surface area contributed by atoms with E-state index in [2.05, 4.69) is 5.32 Å². The average molecular weight is 319 g/mol. The van der Waals surface area contributed by atoms with Gasteiger partial charge in [0.15, 0.2) is 6.61 Å². The number of benzene rings is 1. The summed E-state index contributed by atoms with van der Waals surface area (Å²) in [7, 11) is 1.36. The molecule has 1 aromatic rings. The van der Waals surface area contributed by atoms with Crippen LogP contribution < -0.4 is 10.1 Å². The van der Waals surface area contributed by atoms with Gasteiger partial charge >= 0.3 is 5.97 Å². The molecule has 0 atom stereocenters. The number of ether oxygens (including phenoxy) is 2. The zero-order valence-electron chi connectivity index (χ0n) is 14.1. The van der Waals surface area contributed by atoms with Gasteiger partial charge in [0.05, 0.1) is 7.11 Å². The Bertz CT molecular complexity index is 556. The van der Waals surface area contributed by atoms with Gasteiger partial charge in [0.1, 0.15) is 11.3 Å². The molecule has 5 nitrogen and oxygen atoms in total. The summed E-state index contributed by atoms with van der Waals surface area (Å²) in [5, 5.41) is 2.84. The largest absolute Gasteiger partial charge is 0.484 e. The van der Waals surface area contributed by atoms with Crippen molar-refractivity contribution in [2.75, 3.05) is 13.7 Å². The lowest BCUT2D eigenvalue weighted by Crippen LogP contribution is -2.57. The number of methoxy groups -OCH3 is 1. The van der Waals surface area contributed by atoms with E-state index in [9.17, 15) is 9.59 Å². The molecule has 23 heavy (non-hydrogen) atoms. The summed E-state index contributed by atoms with van der Waals surface area (Å²) in [5.41, 5.74) is 1.27. The Kier molecular flexibility index (Phi) is 5.64. The van der Waals surface area contributed by atoms with Crippen LogP contribution in [0.3, 0.4) is 0 Å². The topological polar surface area (TPSA) is 64.6 Å². The van der Waals surface area contributed by atoms with Crippen LogP contribution in [0.25, 0.3) is 0 Å². The van der Waals surface area contributed by atoms with Gasteiger partial charge in [0.25, 0.3) is 5.91 Å². The van der Waals surface area contributed by atoms with E-state index >= 15 is 0 Å². The van der Waals surface area contributed by atoms with E-state index in [4.69, 9.17) is 9.47 Å². The van der Waals surface area contributed by atoms with Crippen LogP contribution in [0.1, 0.15) is 43.2 Å². The first-order chi connectivity index (χ1) is 10.9. The molecule has 1 aromatic carbocycles. The van der Waals surface area contributed by atoms with Gasteiger partial charge in [-0.2, -0.15) is 0 Å². The molecule has 1 amide bonds. The van der Waals surface area contributed by atoms with E-state index in [1.54, 1.807) is 0 Å². The lowest BCUT2D eigenvalue weighted by molar-refractivity contribution is -0.152. The number of rotatable bonds is 5. The lowest BCUT2D eigenvalue weighted by Gasteiger charge is -2.35. The monoisotopic (exact) mass is 319 g/mol. The smallest absolute Gasteiger partial charge is 0.331 e. The quantitative estimate of drug-likeness (QED) is 0.848. The number of hydrogen-bond acceptors (Lipinski definition) is 4. The third kappa shape index (κ3) is 4.47. The minimum atomic E-state index is -0.893. The van der Waals surface area contributed by atoms with Gasteiger partial charge in [-0.3, -0.25) is 4.79 Å². The molecule has 1 N–H and O–H groups in total. The summed E-state index contributed by atoms with van der Waals surface area (Å²) < 4.78 is 10.5. The van der Waals surface area contributed by atoms with E-state index in [0.29, 0.717) is 18.6 Å². The van der Waals surface area contributed by atoms with Crippen molar-refractivity contribution in [3.63, 3.8) is 0 Å². The third-order valence-electron chi connectivity index (χ3n) is 4.23. The highest BCUT2D eigenvalue weighted by Gasteiger charge is 2.41. The number of carbonyl (C=O) groups is 2. The molecule has 0 spiro atoms. The minimum Gasteiger partial charge on any atom is -0.484 e. The molecule has 1 aliphatic rings. The first-order valence-electron chi connectivity index (χ1n) is 8.06. The van der Waals surface area contributed by atoms with Crippen molar-refractivity contribution in [2.45, 2.75) is 51.5 Å². The van der Waals surface area contributed by atoms with Crippen LogP contribution in [0.5, 0.6) is 5.75 Å². The number of amides is 1. The summed E-state index contributed by atoms with van der Waals surface area (Å²) in [6.45, 7) is 3.85. The van der Waals surface area contributed by atoms with Gasteiger partial charge in [-0.15, -0.1) is 0 Å². The molecule has 1 fully saturated rings. The molecule has 0 aliphatic heterocycles. The zero-order valence-corrected chi connectivity index (χ0v) is 14.1. The fourth-order valence-electron chi connectivity index (χ4n) is 3.20. The standard InChI is InChI=1S/C18H25NO4/c1-13-9-14(2)11-15(10-13)23-12-16(20)19-18(17(21)22-3)7-5-4-6-8-18/h9-11H,4-8,12H2,1-3H3,(H,19,20). The normalized spacial score (nSPS) is 16.5. The van der Waals surface area contributed by atoms with Crippen molar-refractivity contribution in [3.8, 4) is 5.75 Å². The fraction of sp³-hybridized carbons (Fsp3) is 0.556. The maximum Gasteiger partial charge on any atom is 0.331 e. The Labute approximate surface area is 137 Å². The van der Waals surface area contributed by atoms with Gasteiger partial charge in [-0.25, -0.2) is 4.79 Å². The van der Waals surface area contributed by atoms with Crippen LogP contribution in [-0.4, -0.2) is 31.1 Å². The number of nitrogens with one attached hydrogen (secondary N) is 1. The van der Waals surface area contributed by atoms with E-state index in [1.807, 2.05) is 32.0 Å². The van der Waals surface area contributed by atoms with Crippen molar-refractivity contribution in [2.24, 2.45) is 0 Å². The molecule has 0 aromatic heterocycles. The SMILES string of the molecule is COC(=O)C1(NC(=O)COc2cc(C)cc(C)c2)CCCCC1. The molecule has 0 heterocycles. The Morgan fingerprint density at radius 2 is 1.70 bits per heavy atom. The molecule has 126 valence electrons. The highest BCUT2D eigenvalue weighted by molar-refractivity contribution is 5.88. The maximum absolute atomic E-state index is 12.2. The third-order valence-corrected chi connectivity index (χ3v) is 4.23. The molecule has 1 aliphatic carbocycles. The fourth-order valence-corrected chi connectivity index (χ4v) is 3.20. The van der Waals surface area contributed by atoms with Crippen molar-refractivity contribution in [1.82, 2.24) is 5.32 Å². The Balaban J connectivity index is 1.98. The molecular weight excluding hydrogens is 294 g/mol. The molecule has 0 saturated heterocycles. The number of hydrogen-bond donors (Lipinski definition) is 1. The minimum absolute atomic E-state index is 0.109. The first kappa shape index (κ1) is 17.3. The van der Waals surface area contributed by atoms with Gasteiger partial charge in [0.2, 0.25) is 0 Å². The molecule has 1 saturated carbocycles. The Hall–Kier alpha value is -2.04. The van der Waals surface area contributed by atoms with Crippen LogP contribution in [-0.2, 0) is 14.3 Å². The van der Waals surface area contributed by atoms with Crippen molar-refractivity contribution < 1.29 is 19.1 Å². The van der Waals surface area contributed by atoms with Crippen LogP contribution >= 0.6 is 0 Å². The Morgan fingerprint density at radius 1 is 1.09 bits per heavy atom. The average Bonchev–Trinajstić information content (AvgIpc) is 2.52. The second kappa shape index (κ2) is 7.49. The molecule has 0 unspecified atom stereocenters. The summed E-state index contributed by atoms with van der Waals surface area (Å²) in [6, 6.07) is 5.81. The Morgan fingerprint density at radius 3 is 2.26 bits per heavy atom. The second-order valence-corrected chi connectivity index (χ2v) is 6.29. The van der Waals surface area contributed by atoms with Crippen molar-refractivity contribution in [3.05, 3.63) is 29.3 Å². The molecule has 2 rings (SSSR count). The van der Waals surface area contributed by atoms with Crippen molar-refractivity contribution >= 4 is 11.9 Å².